The number of carbonyl (C=O) groups is 2. The van der Waals surface area contributed by atoms with Gasteiger partial charge in [0.15, 0.2) is 0 Å². The van der Waals surface area contributed by atoms with E-state index in [0.29, 0.717) is 45.4 Å². The molecule has 0 radical (unpaired) electrons. The molecule has 1 rings (SSSR count). The number of aryl methyl sites for hydroxylation is 1. The molecule has 0 saturated heterocycles. The number of Topliss-reactive ketones (excluding diaryl/α,β-unsaturated/α-hetero) is 2. The summed E-state index contributed by atoms with van der Waals surface area (Å²) in [6.07, 6.45) is 3.97. The first kappa shape index (κ1) is 15.5. The fourth-order valence-electron chi connectivity index (χ4n) is 1.49. The third-order valence-corrected chi connectivity index (χ3v) is 2.70. The van der Waals surface area contributed by atoms with E-state index in [1.807, 2.05) is 13.1 Å². The maximum atomic E-state index is 11.0. The molecule has 0 aromatic carbocycles. The monoisotopic (exact) mass is 267 g/mol. The van der Waals surface area contributed by atoms with Crippen molar-refractivity contribution in [2.45, 2.75) is 46.1 Å². The molecule has 0 aliphatic carbocycles. The lowest BCUT2D eigenvalue weighted by Crippen LogP contribution is -2.09. The van der Waals surface area contributed by atoms with Crippen molar-refractivity contribution in [1.29, 1.82) is 0 Å². The Bertz CT molecular complexity index is 415. The van der Waals surface area contributed by atoms with Gasteiger partial charge in [0.2, 0.25) is 0 Å². The van der Waals surface area contributed by atoms with E-state index in [2.05, 4.69) is 10.3 Å². The minimum absolute atomic E-state index is 0.151. The van der Waals surface area contributed by atoms with Crippen LogP contribution in [-0.2, 0) is 27.3 Å². The summed E-state index contributed by atoms with van der Waals surface area (Å²) >= 11 is 0. The predicted octanol–water partition coefficient (Wildman–Crippen LogP) is 1.19. The van der Waals surface area contributed by atoms with E-state index in [9.17, 15) is 9.59 Å². The van der Waals surface area contributed by atoms with E-state index in [1.54, 1.807) is 11.6 Å². The molecule has 1 heterocycles. The van der Waals surface area contributed by atoms with Gasteiger partial charge in [0.05, 0.1) is 25.5 Å². The zero-order valence-corrected chi connectivity index (χ0v) is 11.6. The Kier molecular flexibility index (Phi) is 6.95. The van der Waals surface area contributed by atoms with Gasteiger partial charge in [0, 0.05) is 25.5 Å². The molecule has 0 aliphatic rings. The molecule has 106 valence electrons. The maximum absolute atomic E-state index is 11.0. The van der Waals surface area contributed by atoms with E-state index in [1.165, 1.54) is 0 Å². The van der Waals surface area contributed by atoms with Crippen LogP contribution in [-0.4, -0.2) is 39.8 Å². The normalized spacial score (nSPS) is 10.6. The van der Waals surface area contributed by atoms with Crippen LogP contribution in [0, 0.1) is 0 Å². The van der Waals surface area contributed by atoms with Gasteiger partial charge in [0.1, 0.15) is 11.6 Å². The third kappa shape index (κ3) is 6.81. The number of ether oxygens (including phenoxy) is 1. The Morgan fingerprint density at radius 3 is 2.79 bits per heavy atom. The minimum Gasteiger partial charge on any atom is -0.379 e. The van der Waals surface area contributed by atoms with E-state index in [0.717, 1.165) is 5.69 Å². The first-order chi connectivity index (χ1) is 9.11. The van der Waals surface area contributed by atoms with Crippen molar-refractivity contribution in [3.05, 3.63) is 11.9 Å². The van der Waals surface area contributed by atoms with Gasteiger partial charge < -0.3 is 9.53 Å². The van der Waals surface area contributed by atoms with Gasteiger partial charge in [-0.1, -0.05) is 12.1 Å². The Morgan fingerprint density at radius 1 is 1.32 bits per heavy atom. The Labute approximate surface area is 113 Å². The van der Waals surface area contributed by atoms with Gasteiger partial charge in [-0.05, 0) is 13.3 Å². The van der Waals surface area contributed by atoms with Gasteiger partial charge >= 0.3 is 0 Å². The Balaban J connectivity index is 2.16. The first-order valence-electron chi connectivity index (χ1n) is 6.59. The minimum atomic E-state index is 0.151. The summed E-state index contributed by atoms with van der Waals surface area (Å²) in [5.41, 5.74) is 0.816. The summed E-state index contributed by atoms with van der Waals surface area (Å²) in [5, 5.41) is 7.93. The lowest BCUT2D eigenvalue weighted by molar-refractivity contribution is -0.120. The molecule has 0 spiro atoms. The zero-order valence-electron chi connectivity index (χ0n) is 11.6. The lowest BCUT2D eigenvalue weighted by atomic mass is 10.2. The molecule has 1 aromatic heterocycles. The largest absolute Gasteiger partial charge is 0.379 e. The Morgan fingerprint density at radius 2 is 2.11 bits per heavy atom. The van der Waals surface area contributed by atoms with E-state index >= 15 is 0 Å². The first-order valence-corrected chi connectivity index (χ1v) is 6.59. The molecule has 1 aromatic rings. The molecule has 19 heavy (non-hydrogen) atoms. The second-order valence-corrected chi connectivity index (χ2v) is 4.43. The topological polar surface area (TPSA) is 74.1 Å². The van der Waals surface area contributed by atoms with Crippen LogP contribution in [0.5, 0.6) is 0 Å². The Hall–Kier alpha value is -1.56. The molecule has 0 atom stereocenters. The number of aromatic nitrogens is 3. The van der Waals surface area contributed by atoms with Crippen LogP contribution in [0.1, 0.15) is 38.8 Å². The maximum Gasteiger partial charge on any atom is 0.134 e. The number of hydrogen-bond donors (Lipinski definition) is 0. The molecule has 0 saturated carbocycles. The average Bonchev–Trinajstić information content (AvgIpc) is 2.83. The van der Waals surface area contributed by atoms with Crippen molar-refractivity contribution in [1.82, 2.24) is 15.0 Å². The summed E-state index contributed by atoms with van der Waals surface area (Å²) in [6, 6.07) is 0. The molecule has 6 nitrogen and oxygen atoms in total. The standard InChI is InChI=1S/C13H21N3O3/c1-3-13(18)6-8-19-9-7-16-10-12(14-15-16)5-4-11(2)17/h10H,3-9H2,1-2H3. The fourth-order valence-corrected chi connectivity index (χ4v) is 1.49. The zero-order chi connectivity index (χ0) is 14.1. The third-order valence-electron chi connectivity index (χ3n) is 2.70. The van der Waals surface area contributed by atoms with E-state index in [-0.39, 0.29) is 11.6 Å². The highest BCUT2D eigenvalue weighted by Gasteiger charge is 2.03. The van der Waals surface area contributed by atoms with Crippen LogP contribution in [0.15, 0.2) is 6.20 Å². The van der Waals surface area contributed by atoms with Crippen LogP contribution < -0.4 is 0 Å². The molecule has 6 heteroatoms. The quantitative estimate of drug-likeness (QED) is 0.595. The number of rotatable bonds is 10. The highest BCUT2D eigenvalue weighted by Crippen LogP contribution is 1.99. The van der Waals surface area contributed by atoms with Crippen LogP contribution in [0.25, 0.3) is 0 Å². The molecule has 0 fully saturated rings. The summed E-state index contributed by atoms with van der Waals surface area (Å²) < 4.78 is 7.05. The number of carbonyl (C=O) groups excluding carboxylic acids is 2. The van der Waals surface area contributed by atoms with Crippen molar-refractivity contribution in [2.75, 3.05) is 13.2 Å². The SMILES string of the molecule is CCC(=O)CCOCCn1cc(CCC(C)=O)nn1. The second kappa shape index (κ2) is 8.53. The van der Waals surface area contributed by atoms with Crippen LogP contribution >= 0.6 is 0 Å². The van der Waals surface area contributed by atoms with E-state index in [4.69, 9.17) is 4.74 Å². The molecule has 0 bridgehead atoms. The highest BCUT2D eigenvalue weighted by atomic mass is 16.5. The summed E-state index contributed by atoms with van der Waals surface area (Å²) in [7, 11) is 0. The summed E-state index contributed by atoms with van der Waals surface area (Å²) in [5.74, 6) is 0.366. The van der Waals surface area contributed by atoms with Crippen molar-refractivity contribution >= 4 is 11.6 Å². The molecule has 0 aliphatic heterocycles. The second-order valence-electron chi connectivity index (χ2n) is 4.43. The van der Waals surface area contributed by atoms with Crippen LogP contribution in [0.3, 0.4) is 0 Å². The van der Waals surface area contributed by atoms with Gasteiger partial charge in [-0.2, -0.15) is 0 Å². The molecule has 0 amide bonds. The smallest absolute Gasteiger partial charge is 0.134 e. The predicted molar refractivity (Wildman–Crippen MR) is 69.8 cm³/mol. The number of nitrogens with zero attached hydrogens (tertiary/aromatic N) is 3. The highest BCUT2D eigenvalue weighted by molar-refractivity contribution is 5.78. The van der Waals surface area contributed by atoms with Crippen molar-refractivity contribution in [3.63, 3.8) is 0 Å². The number of hydrogen-bond acceptors (Lipinski definition) is 5. The average molecular weight is 267 g/mol. The molecule has 0 N–H and O–H groups in total. The molecule has 0 unspecified atom stereocenters. The van der Waals surface area contributed by atoms with Crippen LogP contribution in [0.2, 0.25) is 0 Å². The van der Waals surface area contributed by atoms with Gasteiger partial charge in [-0.15, -0.1) is 5.10 Å². The van der Waals surface area contributed by atoms with Crippen molar-refractivity contribution < 1.29 is 14.3 Å². The van der Waals surface area contributed by atoms with Gasteiger partial charge in [-0.3, -0.25) is 4.79 Å². The summed E-state index contributed by atoms with van der Waals surface area (Å²) in [4.78, 5) is 21.9. The number of ketones is 2. The van der Waals surface area contributed by atoms with E-state index < -0.39 is 0 Å². The van der Waals surface area contributed by atoms with Crippen LogP contribution in [0.4, 0.5) is 0 Å². The lowest BCUT2D eigenvalue weighted by Gasteiger charge is -2.02. The van der Waals surface area contributed by atoms with Gasteiger partial charge in [0.25, 0.3) is 0 Å². The summed E-state index contributed by atoms with van der Waals surface area (Å²) in [6.45, 7) is 4.98. The fraction of sp³-hybridized carbons (Fsp3) is 0.692. The van der Waals surface area contributed by atoms with Crippen molar-refractivity contribution in [2.24, 2.45) is 0 Å². The van der Waals surface area contributed by atoms with Gasteiger partial charge in [-0.25, -0.2) is 4.68 Å². The molecular weight excluding hydrogens is 246 g/mol. The van der Waals surface area contributed by atoms with Crippen molar-refractivity contribution in [3.8, 4) is 0 Å². The molecular formula is C13H21N3O3.